The van der Waals surface area contributed by atoms with Gasteiger partial charge in [0.05, 0.1) is 0 Å². The molecule has 0 fully saturated rings. The summed E-state index contributed by atoms with van der Waals surface area (Å²) in [7, 11) is 0. The third-order valence-electron chi connectivity index (χ3n) is 2.00. The lowest BCUT2D eigenvalue weighted by molar-refractivity contribution is 1.41. The topological polar surface area (TPSA) is 41.5 Å². The van der Waals surface area contributed by atoms with Crippen molar-refractivity contribution in [1.29, 1.82) is 0 Å². The summed E-state index contributed by atoms with van der Waals surface area (Å²) < 4.78 is 3.21. The number of hydrogen-bond acceptors (Lipinski definition) is 4. The number of hydrogen-bond donors (Lipinski definition) is 1. The van der Waals surface area contributed by atoms with Gasteiger partial charge in [-0.1, -0.05) is 18.2 Å². The molecule has 0 aliphatic carbocycles. The van der Waals surface area contributed by atoms with Gasteiger partial charge >= 0.3 is 0 Å². The van der Waals surface area contributed by atoms with Gasteiger partial charge in [0.1, 0.15) is 5.69 Å². The fraction of sp³-hybridized carbons (Fsp3) is 0. The zero-order valence-electron chi connectivity index (χ0n) is 8.46. The zero-order valence-corrected chi connectivity index (χ0v) is 9.28. The highest BCUT2D eigenvalue weighted by Gasteiger charge is 1.95. The van der Waals surface area contributed by atoms with E-state index >= 15 is 0 Å². The number of nitrogens with one attached hydrogen (secondary N) is 1. The first kappa shape index (κ1) is 10.7. The summed E-state index contributed by atoms with van der Waals surface area (Å²) in [6, 6.07) is 17.0. The van der Waals surface area contributed by atoms with Gasteiger partial charge in [0.25, 0.3) is 0 Å². The summed E-state index contributed by atoms with van der Waals surface area (Å²) in [5.41, 5.74) is 1.49. The number of nitroso groups, excluding NO2 is 1. The summed E-state index contributed by atoms with van der Waals surface area (Å²) in [5.74, 6) is 0. The highest BCUT2D eigenvalue weighted by Crippen LogP contribution is 2.23. The Morgan fingerprint density at radius 1 is 0.938 bits per heavy atom. The summed E-state index contributed by atoms with van der Waals surface area (Å²) in [5, 5.41) is 2.85. The average molecular weight is 230 g/mol. The molecule has 2 aromatic rings. The molecule has 0 amide bonds. The molecule has 4 heteroatoms. The third kappa shape index (κ3) is 2.84. The Morgan fingerprint density at radius 2 is 1.62 bits per heavy atom. The van der Waals surface area contributed by atoms with Crippen molar-refractivity contribution >= 4 is 23.3 Å². The molecule has 0 saturated carbocycles. The molecule has 0 heterocycles. The predicted molar refractivity (Wildman–Crippen MR) is 67.8 cm³/mol. The number of para-hydroxylation sites is 1. The minimum Gasteiger partial charge on any atom is -0.326 e. The molecule has 16 heavy (non-hydrogen) atoms. The van der Waals surface area contributed by atoms with Gasteiger partial charge in [0, 0.05) is 10.6 Å². The number of nitrogens with zero attached hydrogens (tertiary/aromatic N) is 1. The van der Waals surface area contributed by atoms with Gasteiger partial charge in [0.2, 0.25) is 0 Å². The molecule has 80 valence electrons. The number of anilines is 1. The van der Waals surface area contributed by atoms with Crippen LogP contribution < -0.4 is 4.72 Å². The second-order valence-corrected chi connectivity index (χ2v) is 4.03. The van der Waals surface area contributed by atoms with Gasteiger partial charge in [-0.3, -0.25) is 0 Å². The zero-order chi connectivity index (χ0) is 11.2. The monoisotopic (exact) mass is 230 g/mol. The summed E-state index contributed by atoms with van der Waals surface area (Å²) in [6.45, 7) is 0. The SMILES string of the molecule is O=Nc1ccc(SNc2ccccc2)cc1. The molecular formula is C12H10N2OS. The van der Waals surface area contributed by atoms with Crippen molar-refractivity contribution < 1.29 is 0 Å². The molecule has 2 aromatic carbocycles. The van der Waals surface area contributed by atoms with Gasteiger partial charge in [-0.15, -0.1) is 4.91 Å². The van der Waals surface area contributed by atoms with Gasteiger partial charge in [-0.05, 0) is 53.5 Å². The highest BCUT2D eigenvalue weighted by atomic mass is 32.2. The Kier molecular flexibility index (Phi) is 3.56. The minimum absolute atomic E-state index is 0.448. The Hall–Kier alpha value is -1.81. The van der Waals surface area contributed by atoms with E-state index in [9.17, 15) is 4.91 Å². The first-order valence-electron chi connectivity index (χ1n) is 4.80. The second kappa shape index (κ2) is 5.32. The third-order valence-corrected chi connectivity index (χ3v) is 2.85. The lowest BCUT2D eigenvalue weighted by Crippen LogP contribution is -1.84. The lowest BCUT2D eigenvalue weighted by atomic mass is 10.3. The van der Waals surface area contributed by atoms with Crippen molar-refractivity contribution in [2.75, 3.05) is 4.72 Å². The largest absolute Gasteiger partial charge is 0.326 e. The normalized spacial score (nSPS) is 9.75. The Morgan fingerprint density at radius 3 is 2.25 bits per heavy atom. The summed E-state index contributed by atoms with van der Waals surface area (Å²) in [6.07, 6.45) is 0. The molecule has 0 unspecified atom stereocenters. The molecule has 0 saturated heterocycles. The Balaban J connectivity index is 1.97. The molecule has 1 N–H and O–H groups in total. The smallest absolute Gasteiger partial charge is 0.108 e. The van der Waals surface area contributed by atoms with E-state index in [0.717, 1.165) is 10.6 Å². The van der Waals surface area contributed by atoms with E-state index in [0.29, 0.717) is 5.69 Å². The van der Waals surface area contributed by atoms with Crippen LogP contribution in [0.15, 0.2) is 64.7 Å². The van der Waals surface area contributed by atoms with Crippen LogP contribution in [0.2, 0.25) is 0 Å². The van der Waals surface area contributed by atoms with E-state index in [2.05, 4.69) is 9.90 Å². The molecular weight excluding hydrogens is 220 g/mol. The van der Waals surface area contributed by atoms with E-state index in [1.54, 1.807) is 12.1 Å². The predicted octanol–water partition coefficient (Wildman–Crippen LogP) is 4.20. The van der Waals surface area contributed by atoms with E-state index in [1.807, 2.05) is 42.5 Å². The molecule has 0 spiro atoms. The Bertz CT molecular complexity index is 456. The van der Waals surface area contributed by atoms with E-state index < -0.39 is 0 Å². The maximum absolute atomic E-state index is 10.2. The molecule has 0 aliphatic rings. The van der Waals surface area contributed by atoms with E-state index in [1.165, 1.54) is 11.9 Å². The van der Waals surface area contributed by atoms with Crippen molar-refractivity contribution in [2.45, 2.75) is 4.90 Å². The second-order valence-electron chi connectivity index (χ2n) is 3.16. The van der Waals surface area contributed by atoms with Crippen molar-refractivity contribution in [3.8, 4) is 0 Å². The van der Waals surface area contributed by atoms with Crippen LogP contribution in [-0.4, -0.2) is 0 Å². The quantitative estimate of drug-likeness (QED) is 0.632. The Labute approximate surface area is 98.0 Å². The standard InChI is InChI=1S/C12H10N2OS/c15-13-10-6-8-12(9-7-10)16-14-11-4-2-1-3-5-11/h1-9,14H. The molecule has 0 aliphatic heterocycles. The van der Waals surface area contributed by atoms with Crippen LogP contribution in [0, 0.1) is 4.91 Å². The molecule has 3 nitrogen and oxygen atoms in total. The van der Waals surface area contributed by atoms with Crippen LogP contribution in [0.4, 0.5) is 11.4 Å². The van der Waals surface area contributed by atoms with Crippen LogP contribution in [0.25, 0.3) is 0 Å². The fourth-order valence-electron chi connectivity index (χ4n) is 1.20. The molecule has 0 radical (unpaired) electrons. The van der Waals surface area contributed by atoms with Crippen LogP contribution in [0.5, 0.6) is 0 Å². The molecule has 2 rings (SSSR count). The molecule has 0 atom stereocenters. The van der Waals surface area contributed by atoms with Crippen molar-refractivity contribution in [3.05, 3.63) is 59.5 Å². The highest BCUT2D eigenvalue weighted by molar-refractivity contribution is 8.00. The van der Waals surface area contributed by atoms with Crippen molar-refractivity contribution in [1.82, 2.24) is 0 Å². The molecule has 0 aromatic heterocycles. The van der Waals surface area contributed by atoms with Gasteiger partial charge in [0.15, 0.2) is 0 Å². The first-order chi connectivity index (χ1) is 7.88. The summed E-state index contributed by atoms with van der Waals surface area (Å²) in [4.78, 5) is 11.3. The van der Waals surface area contributed by atoms with Crippen molar-refractivity contribution in [2.24, 2.45) is 5.18 Å². The maximum atomic E-state index is 10.2. The van der Waals surface area contributed by atoms with Crippen molar-refractivity contribution in [3.63, 3.8) is 0 Å². The van der Waals surface area contributed by atoms with Crippen LogP contribution in [0.1, 0.15) is 0 Å². The minimum atomic E-state index is 0.448. The van der Waals surface area contributed by atoms with Crippen LogP contribution in [-0.2, 0) is 0 Å². The maximum Gasteiger partial charge on any atom is 0.108 e. The average Bonchev–Trinajstić information content (AvgIpc) is 2.38. The van der Waals surface area contributed by atoms with Crippen LogP contribution >= 0.6 is 11.9 Å². The van der Waals surface area contributed by atoms with Gasteiger partial charge < -0.3 is 4.72 Å². The van der Waals surface area contributed by atoms with E-state index in [-0.39, 0.29) is 0 Å². The van der Waals surface area contributed by atoms with Crippen LogP contribution in [0.3, 0.4) is 0 Å². The molecule has 0 bridgehead atoms. The lowest BCUT2D eigenvalue weighted by Gasteiger charge is -2.04. The van der Waals surface area contributed by atoms with Gasteiger partial charge in [-0.25, -0.2) is 0 Å². The van der Waals surface area contributed by atoms with E-state index in [4.69, 9.17) is 0 Å². The summed E-state index contributed by atoms with van der Waals surface area (Å²) >= 11 is 1.50. The van der Waals surface area contributed by atoms with Gasteiger partial charge in [-0.2, -0.15) is 0 Å². The number of benzene rings is 2. The fourth-order valence-corrected chi connectivity index (χ4v) is 1.84. The number of rotatable bonds is 4. The first-order valence-corrected chi connectivity index (χ1v) is 5.61.